The van der Waals surface area contributed by atoms with Crippen LogP contribution in [0.4, 0.5) is 17.5 Å². The highest BCUT2D eigenvalue weighted by molar-refractivity contribution is 5.71. The molecule has 7 heteroatoms. The zero-order valence-electron chi connectivity index (χ0n) is 12.5. The van der Waals surface area contributed by atoms with E-state index in [1.807, 2.05) is 51.2 Å². The van der Waals surface area contributed by atoms with Gasteiger partial charge in [0.15, 0.2) is 5.65 Å². The van der Waals surface area contributed by atoms with Gasteiger partial charge >= 0.3 is 0 Å². The minimum atomic E-state index is 0.540. The fourth-order valence-electron chi connectivity index (χ4n) is 2.18. The largest absolute Gasteiger partial charge is 0.362 e. The molecule has 0 saturated heterocycles. The Bertz CT molecular complexity index is 791. The number of aryl methyl sites for hydroxylation is 2. The molecule has 0 unspecified atom stereocenters. The van der Waals surface area contributed by atoms with Crippen LogP contribution in [-0.2, 0) is 0 Å². The van der Waals surface area contributed by atoms with Gasteiger partial charge in [-0.2, -0.15) is 10.1 Å². The van der Waals surface area contributed by atoms with E-state index in [0.29, 0.717) is 5.95 Å². The van der Waals surface area contributed by atoms with E-state index in [1.165, 1.54) is 0 Å². The van der Waals surface area contributed by atoms with Crippen LogP contribution in [0.3, 0.4) is 0 Å². The summed E-state index contributed by atoms with van der Waals surface area (Å²) in [4.78, 5) is 15.2. The van der Waals surface area contributed by atoms with Crippen molar-refractivity contribution in [3.05, 3.63) is 35.9 Å². The Morgan fingerprint density at radius 3 is 2.76 bits per heavy atom. The Morgan fingerprint density at radius 2 is 2.00 bits per heavy atom. The molecule has 0 fully saturated rings. The maximum atomic E-state index is 4.53. The molecule has 3 rings (SSSR count). The molecule has 0 spiro atoms. The number of pyridine rings is 1. The maximum Gasteiger partial charge on any atom is 0.229 e. The topological polar surface area (TPSA) is 71.2 Å². The van der Waals surface area contributed by atoms with E-state index >= 15 is 0 Å². The summed E-state index contributed by atoms with van der Waals surface area (Å²) in [5, 5.41) is 7.50. The molecule has 0 aromatic carbocycles. The van der Waals surface area contributed by atoms with Gasteiger partial charge in [0.1, 0.15) is 11.6 Å². The van der Waals surface area contributed by atoms with E-state index in [-0.39, 0.29) is 0 Å². The van der Waals surface area contributed by atoms with Crippen molar-refractivity contribution in [2.45, 2.75) is 13.8 Å². The van der Waals surface area contributed by atoms with Crippen LogP contribution in [0, 0.1) is 13.8 Å². The lowest BCUT2D eigenvalue weighted by Gasteiger charge is -2.15. The molecule has 0 aliphatic carbocycles. The van der Waals surface area contributed by atoms with Crippen LogP contribution in [-0.4, -0.2) is 38.7 Å². The predicted molar refractivity (Wildman–Crippen MR) is 82.1 cm³/mol. The number of aromatic nitrogens is 5. The zero-order chi connectivity index (χ0) is 15.0. The van der Waals surface area contributed by atoms with E-state index in [1.54, 1.807) is 10.7 Å². The molecule has 0 aliphatic heterocycles. The minimum absolute atomic E-state index is 0.540. The molecule has 0 saturated carbocycles. The summed E-state index contributed by atoms with van der Waals surface area (Å²) in [7, 11) is 3.92. The van der Waals surface area contributed by atoms with Gasteiger partial charge in [0, 0.05) is 32.1 Å². The maximum absolute atomic E-state index is 4.53. The molecule has 3 aromatic rings. The van der Waals surface area contributed by atoms with Gasteiger partial charge in [-0.25, -0.2) is 14.5 Å². The first-order valence-corrected chi connectivity index (χ1v) is 6.64. The normalized spacial score (nSPS) is 10.9. The SMILES string of the molecule is Cc1nc2c(Nc3ncc(C)c(N(C)C)n3)cccn2n1. The molecule has 0 atom stereocenters. The molecular weight excluding hydrogens is 266 g/mol. The molecule has 0 amide bonds. The fourth-order valence-corrected chi connectivity index (χ4v) is 2.18. The van der Waals surface area contributed by atoms with Crippen molar-refractivity contribution in [3.8, 4) is 0 Å². The van der Waals surface area contributed by atoms with E-state index in [4.69, 9.17) is 0 Å². The van der Waals surface area contributed by atoms with Crippen molar-refractivity contribution in [1.29, 1.82) is 0 Å². The molecule has 108 valence electrons. The summed E-state index contributed by atoms with van der Waals surface area (Å²) in [6, 6.07) is 3.84. The van der Waals surface area contributed by atoms with Gasteiger partial charge in [0.25, 0.3) is 0 Å². The van der Waals surface area contributed by atoms with Crippen LogP contribution in [0.5, 0.6) is 0 Å². The standard InChI is InChI=1S/C14H17N7/c1-9-8-15-14(18-12(9)20(3)4)17-11-6-5-7-21-13(11)16-10(2)19-21/h5-8H,1-4H3,(H,15,17,18). The van der Waals surface area contributed by atoms with Crippen LogP contribution in [0.15, 0.2) is 24.5 Å². The van der Waals surface area contributed by atoms with Gasteiger partial charge in [0.05, 0.1) is 5.69 Å². The average Bonchev–Trinajstić information content (AvgIpc) is 2.82. The van der Waals surface area contributed by atoms with Crippen LogP contribution in [0.1, 0.15) is 11.4 Å². The zero-order valence-corrected chi connectivity index (χ0v) is 12.5. The number of rotatable bonds is 3. The number of fused-ring (bicyclic) bond motifs is 1. The lowest BCUT2D eigenvalue weighted by atomic mass is 10.3. The number of hydrogen-bond donors (Lipinski definition) is 1. The van der Waals surface area contributed by atoms with Crippen molar-refractivity contribution >= 4 is 23.1 Å². The Labute approximate surface area is 122 Å². The van der Waals surface area contributed by atoms with Crippen LogP contribution >= 0.6 is 0 Å². The van der Waals surface area contributed by atoms with Crippen molar-refractivity contribution in [2.24, 2.45) is 0 Å². The van der Waals surface area contributed by atoms with E-state index in [2.05, 4.69) is 25.4 Å². The first-order valence-electron chi connectivity index (χ1n) is 6.64. The van der Waals surface area contributed by atoms with E-state index in [9.17, 15) is 0 Å². The third-order valence-corrected chi connectivity index (χ3v) is 3.08. The van der Waals surface area contributed by atoms with Gasteiger partial charge in [-0.15, -0.1) is 0 Å². The van der Waals surface area contributed by atoms with Crippen molar-refractivity contribution in [1.82, 2.24) is 24.6 Å². The highest BCUT2D eigenvalue weighted by Gasteiger charge is 2.09. The molecule has 0 radical (unpaired) electrons. The average molecular weight is 283 g/mol. The number of nitrogens with one attached hydrogen (secondary N) is 1. The Hall–Kier alpha value is -2.70. The second kappa shape index (κ2) is 5.01. The highest BCUT2D eigenvalue weighted by atomic mass is 15.3. The summed E-state index contributed by atoms with van der Waals surface area (Å²) in [5.41, 5.74) is 2.61. The Balaban J connectivity index is 2.00. The Kier molecular flexibility index (Phi) is 3.17. The lowest BCUT2D eigenvalue weighted by Crippen LogP contribution is -2.13. The fraction of sp³-hybridized carbons (Fsp3) is 0.286. The molecule has 3 aromatic heterocycles. The molecular formula is C14H17N7. The third kappa shape index (κ3) is 2.49. The van der Waals surface area contributed by atoms with Gasteiger partial charge in [-0.3, -0.25) is 0 Å². The summed E-state index contributed by atoms with van der Waals surface area (Å²) in [6.45, 7) is 3.85. The molecule has 7 nitrogen and oxygen atoms in total. The Morgan fingerprint density at radius 1 is 1.19 bits per heavy atom. The predicted octanol–water partition coefficient (Wildman–Crippen LogP) is 1.95. The van der Waals surface area contributed by atoms with Crippen molar-refractivity contribution < 1.29 is 0 Å². The molecule has 0 aliphatic rings. The quantitative estimate of drug-likeness (QED) is 0.792. The molecule has 3 heterocycles. The van der Waals surface area contributed by atoms with Crippen molar-refractivity contribution in [2.75, 3.05) is 24.3 Å². The van der Waals surface area contributed by atoms with Gasteiger partial charge in [-0.05, 0) is 26.0 Å². The second-order valence-electron chi connectivity index (χ2n) is 5.07. The summed E-state index contributed by atoms with van der Waals surface area (Å²) >= 11 is 0. The van der Waals surface area contributed by atoms with Crippen LogP contribution < -0.4 is 10.2 Å². The minimum Gasteiger partial charge on any atom is -0.362 e. The first-order chi connectivity index (χ1) is 10.0. The van der Waals surface area contributed by atoms with Crippen LogP contribution in [0.25, 0.3) is 5.65 Å². The van der Waals surface area contributed by atoms with E-state index in [0.717, 1.165) is 28.5 Å². The molecule has 21 heavy (non-hydrogen) atoms. The van der Waals surface area contributed by atoms with Gasteiger partial charge in [0.2, 0.25) is 5.95 Å². The molecule has 0 bridgehead atoms. The van der Waals surface area contributed by atoms with Crippen LogP contribution in [0.2, 0.25) is 0 Å². The lowest BCUT2D eigenvalue weighted by molar-refractivity contribution is 0.931. The summed E-state index contributed by atoms with van der Waals surface area (Å²) < 4.78 is 1.73. The summed E-state index contributed by atoms with van der Waals surface area (Å²) in [5.74, 6) is 2.15. The number of nitrogens with zero attached hydrogens (tertiary/aromatic N) is 6. The number of hydrogen-bond acceptors (Lipinski definition) is 6. The number of anilines is 3. The smallest absolute Gasteiger partial charge is 0.229 e. The first kappa shape index (κ1) is 13.3. The monoisotopic (exact) mass is 283 g/mol. The van der Waals surface area contributed by atoms with Gasteiger partial charge < -0.3 is 10.2 Å². The van der Waals surface area contributed by atoms with E-state index < -0.39 is 0 Å². The van der Waals surface area contributed by atoms with Gasteiger partial charge in [-0.1, -0.05) is 0 Å². The summed E-state index contributed by atoms with van der Waals surface area (Å²) in [6.07, 6.45) is 3.67. The van der Waals surface area contributed by atoms with Crippen molar-refractivity contribution in [3.63, 3.8) is 0 Å². The second-order valence-corrected chi connectivity index (χ2v) is 5.07. The highest BCUT2D eigenvalue weighted by Crippen LogP contribution is 2.21. The molecule has 1 N–H and O–H groups in total. The third-order valence-electron chi connectivity index (χ3n) is 3.08.